The highest BCUT2D eigenvalue weighted by atomic mass is 16.6. The van der Waals surface area contributed by atoms with Gasteiger partial charge >= 0.3 is 6.09 Å². The van der Waals surface area contributed by atoms with E-state index in [-0.39, 0.29) is 12.1 Å². The first-order valence-electron chi connectivity index (χ1n) is 3.70. The number of ether oxygens (including phenoxy) is 1. The molecule has 4 nitrogen and oxygen atoms in total. The van der Waals surface area contributed by atoms with Crippen LogP contribution in [0.1, 0.15) is 6.92 Å². The lowest BCUT2D eigenvalue weighted by atomic mass is 10.2. The van der Waals surface area contributed by atoms with E-state index in [0.29, 0.717) is 5.70 Å². The van der Waals surface area contributed by atoms with E-state index in [2.05, 4.69) is 11.9 Å². The van der Waals surface area contributed by atoms with E-state index in [1.165, 1.54) is 6.08 Å². The van der Waals surface area contributed by atoms with E-state index in [1.54, 1.807) is 6.08 Å². The molecular weight excluding hydrogens is 156 g/mol. The van der Waals surface area contributed by atoms with Crippen molar-refractivity contribution in [3.63, 3.8) is 0 Å². The Morgan fingerprint density at radius 3 is 2.92 bits per heavy atom. The zero-order chi connectivity index (χ0) is 9.14. The van der Waals surface area contributed by atoms with Crippen molar-refractivity contribution < 1.29 is 9.53 Å². The first-order valence-corrected chi connectivity index (χ1v) is 3.70. The molecule has 0 aromatic rings. The lowest BCUT2D eigenvalue weighted by Gasteiger charge is -2.07. The minimum Gasteiger partial charge on any atom is -0.440 e. The van der Waals surface area contributed by atoms with Crippen molar-refractivity contribution in [3.05, 3.63) is 24.4 Å². The topological polar surface area (TPSA) is 64.3 Å². The smallest absolute Gasteiger partial charge is 0.408 e. The van der Waals surface area contributed by atoms with Crippen LogP contribution in [0.4, 0.5) is 4.79 Å². The molecule has 12 heavy (non-hydrogen) atoms. The molecule has 0 aromatic carbocycles. The highest BCUT2D eigenvalue weighted by Gasteiger charge is 2.28. The average Bonchev–Trinajstić information content (AvgIpc) is 2.30. The molecule has 0 aromatic heterocycles. The second-order valence-electron chi connectivity index (χ2n) is 2.67. The number of nitrogens with one attached hydrogen (secondary N) is 1. The molecule has 0 spiro atoms. The predicted octanol–water partition coefficient (Wildman–Crippen LogP) is 0.512. The number of amides is 1. The number of carbonyl (C=O) groups excluding carboxylic acids is 1. The Hall–Kier alpha value is -1.45. The van der Waals surface area contributed by atoms with Crippen LogP contribution in [0.2, 0.25) is 0 Å². The first kappa shape index (κ1) is 8.64. The molecule has 66 valence electrons. The van der Waals surface area contributed by atoms with Gasteiger partial charge in [0.05, 0.1) is 6.04 Å². The Morgan fingerprint density at radius 2 is 2.50 bits per heavy atom. The summed E-state index contributed by atoms with van der Waals surface area (Å²) in [6.45, 7) is 5.34. The quantitative estimate of drug-likeness (QED) is 0.590. The molecule has 0 saturated carbocycles. The van der Waals surface area contributed by atoms with Crippen LogP contribution >= 0.6 is 0 Å². The van der Waals surface area contributed by atoms with Crippen LogP contribution in [0.15, 0.2) is 24.4 Å². The van der Waals surface area contributed by atoms with Gasteiger partial charge in [0, 0.05) is 5.70 Å². The maximum atomic E-state index is 10.7. The number of cyclic esters (lactones) is 1. The van der Waals surface area contributed by atoms with Gasteiger partial charge in [-0.05, 0) is 19.1 Å². The molecule has 3 N–H and O–H groups in total. The SMILES string of the molecule is C=C/C(N)=C\C1OC(=O)NC1C. The molecule has 0 radical (unpaired) electrons. The fourth-order valence-electron chi connectivity index (χ4n) is 0.964. The summed E-state index contributed by atoms with van der Waals surface area (Å²) in [5.41, 5.74) is 6.00. The zero-order valence-electron chi connectivity index (χ0n) is 6.91. The van der Waals surface area contributed by atoms with Gasteiger partial charge in [0.2, 0.25) is 0 Å². The molecule has 1 amide bonds. The summed E-state index contributed by atoms with van der Waals surface area (Å²) in [4.78, 5) is 10.7. The number of carbonyl (C=O) groups is 1. The molecule has 2 unspecified atom stereocenters. The molecule has 1 rings (SSSR count). The average molecular weight is 168 g/mol. The Kier molecular flexibility index (Phi) is 2.38. The van der Waals surface area contributed by atoms with Crippen LogP contribution in [-0.4, -0.2) is 18.2 Å². The molecule has 0 aliphatic carbocycles. The third-order valence-corrected chi connectivity index (χ3v) is 1.67. The van der Waals surface area contributed by atoms with Gasteiger partial charge in [-0.1, -0.05) is 6.58 Å². The van der Waals surface area contributed by atoms with E-state index in [4.69, 9.17) is 10.5 Å². The van der Waals surface area contributed by atoms with E-state index in [1.807, 2.05) is 6.92 Å². The van der Waals surface area contributed by atoms with E-state index in [9.17, 15) is 4.79 Å². The van der Waals surface area contributed by atoms with E-state index < -0.39 is 6.09 Å². The normalized spacial score (nSPS) is 29.4. The molecule has 1 heterocycles. The lowest BCUT2D eigenvalue weighted by molar-refractivity contribution is 0.154. The standard InChI is InChI=1S/C8H12N2O2/c1-3-6(9)4-7-5(2)10-8(11)12-7/h3-5,7H,1,9H2,2H3,(H,10,11)/b6-4+. The number of alkyl carbamates (subject to hydrolysis) is 1. The minimum atomic E-state index is -0.402. The van der Waals surface area contributed by atoms with Gasteiger partial charge < -0.3 is 15.8 Å². The van der Waals surface area contributed by atoms with E-state index >= 15 is 0 Å². The van der Waals surface area contributed by atoms with Crippen LogP contribution in [0.3, 0.4) is 0 Å². The summed E-state index contributed by atoms with van der Waals surface area (Å²) in [5, 5.41) is 2.60. The minimum absolute atomic E-state index is 0.0315. The van der Waals surface area contributed by atoms with Gasteiger partial charge in [0.15, 0.2) is 0 Å². The first-order chi connectivity index (χ1) is 5.63. The van der Waals surface area contributed by atoms with Crippen molar-refractivity contribution >= 4 is 6.09 Å². The molecule has 0 bridgehead atoms. The van der Waals surface area contributed by atoms with Crippen molar-refractivity contribution in [2.45, 2.75) is 19.1 Å². The maximum Gasteiger partial charge on any atom is 0.408 e. The highest BCUT2D eigenvalue weighted by molar-refractivity contribution is 5.70. The number of hydrogen-bond donors (Lipinski definition) is 2. The largest absolute Gasteiger partial charge is 0.440 e. The maximum absolute atomic E-state index is 10.7. The molecule has 1 fully saturated rings. The second kappa shape index (κ2) is 3.30. The van der Waals surface area contributed by atoms with E-state index in [0.717, 1.165) is 0 Å². The highest BCUT2D eigenvalue weighted by Crippen LogP contribution is 2.10. The van der Waals surface area contributed by atoms with Crippen LogP contribution in [-0.2, 0) is 4.74 Å². The Balaban J connectivity index is 2.64. The fraction of sp³-hybridized carbons (Fsp3) is 0.375. The second-order valence-corrected chi connectivity index (χ2v) is 2.67. The summed E-state index contributed by atoms with van der Waals surface area (Å²) in [5.74, 6) is 0. The summed E-state index contributed by atoms with van der Waals surface area (Å²) < 4.78 is 4.89. The molecule has 1 saturated heterocycles. The van der Waals surface area contributed by atoms with Crippen LogP contribution in [0, 0.1) is 0 Å². The fourth-order valence-corrected chi connectivity index (χ4v) is 0.964. The predicted molar refractivity (Wildman–Crippen MR) is 45.3 cm³/mol. The number of hydrogen-bond acceptors (Lipinski definition) is 3. The number of nitrogens with two attached hydrogens (primary N) is 1. The molecule has 1 aliphatic heterocycles. The van der Waals surface area contributed by atoms with Gasteiger partial charge in [-0.25, -0.2) is 4.79 Å². The Morgan fingerprint density at radius 1 is 1.83 bits per heavy atom. The van der Waals surface area contributed by atoms with Crippen molar-refractivity contribution in [2.24, 2.45) is 5.73 Å². The van der Waals surface area contributed by atoms with Crippen molar-refractivity contribution in [2.75, 3.05) is 0 Å². The van der Waals surface area contributed by atoms with Crippen LogP contribution < -0.4 is 11.1 Å². The van der Waals surface area contributed by atoms with Crippen molar-refractivity contribution in [3.8, 4) is 0 Å². The molecule has 4 heteroatoms. The number of rotatable bonds is 2. The summed E-state index contributed by atoms with van der Waals surface area (Å²) in [6, 6.07) is -0.0315. The summed E-state index contributed by atoms with van der Waals surface area (Å²) in [6.07, 6.45) is 2.49. The van der Waals surface area contributed by atoms with Crippen LogP contribution in [0.5, 0.6) is 0 Å². The third kappa shape index (κ3) is 1.78. The van der Waals surface area contributed by atoms with Gasteiger partial charge in [0.25, 0.3) is 0 Å². The lowest BCUT2D eigenvalue weighted by Crippen LogP contribution is -2.27. The summed E-state index contributed by atoms with van der Waals surface area (Å²) in [7, 11) is 0. The van der Waals surface area contributed by atoms with Gasteiger partial charge in [-0.3, -0.25) is 0 Å². The Labute approximate surface area is 71.1 Å². The third-order valence-electron chi connectivity index (χ3n) is 1.67. The molecule has 2 atom stereocenters. The van der Waals surface area contributed by atoms with Crippen LogP contribution in [0.25, 0.3) is 0 Å². The monoisotopic (exact) mass is 168 g/mol. The molecular formula is C8H12N2O2. The summed E-state index contributed by atoms with van der Waals surface area (Å²) >= 11 is 0. The van der Waals surface area contributed by atoms with Gasteiger partial charge in [0.1, 0.15) is 6.10 Å². The molecule has 1 aliphatic rings. The van der Waals surface area contributed by atoms with Crippen molar-refractivity contribution in [1.82, 2.24) is 5.32 Å². The van der Waals surface area contributed by atoms with Gasteiger partial charge in [-0.15, -0.1) is 0 Å². The van der Waals surface area contributed by atoms with Gasteiger partial charge in [-0.2, -0.15) is 0 Å². The Bertz CT molecular complexity index is 235. The number of allylic oxidation sites excluding steroid dienone is 1. The zero-order valence-corrected chi connectivity index (χ0v) is 6.91. The van der Waals surface area contributed by atoms with Crippen molar-refractivity contribution in [1.29, 1.82) is 0 Å².